The smallest absolute Gasteiger partial charge is 0.188 e. The van der Waals surface area contributed by atoms with Gasteiger partial charge in [-0.25, -0.2) is 9.97 Å². The van der Waals surface area contributed by atoms with E-state index in [1.165, 1.54) is 0 Å². The molecule has 33 heavy (non-hydrogen) atoms. The molecule has 0 radical (unpaired) electrons. The normalized spacial score (nSPS) is 17.4. The largest absolute Gasteiger partial charge is 0.468 e. The molecular formula is C24H29N5O4. The van der Waals surface area contributed by atoms with Gasteiger partial charge in [-0.3, -0.25) is 9.88 Å². The number of fused-ring (bicyclic) bond motifs is 1. The lowest BCUT2D eigenvalue weighted by Crippen LogP contribution is -2.37. The Hall–Kier alpha value is -2.85. The van der Waals surface area contributed by atoms with Crippen molar-refractivity contribution in [1.29, 1.82) is 0 Å². The Balaban J connectivity index is 1.53. The zero-order valence-electron chi connectivity index (χ0n) is 18.9. The minimum absolute atomic E-state index is 0.190. The van der Waals surface area contributed by atoms with Crippen LogP contribution >= 0.6 is 0 Å². The summed E-state index contributed by atoms with van der Waals surface area (Å²) in [5.41, 5.74) is 3.69. The third-order valence-electron chi connectivity index (χ3n) is 5.83. The van der Waals surface area contributed by atoms with Gasteiger partial charge in [-0.1, -0.05) is 12.1 Å². The van der Waals surface area contributed by atoms with E-state index in [-0.39, 0.29) is 6.79 Å². The molecule has 0 aliphatic carbocycles. The molecule has 0 spiro atoms. The number of hydrogen-bond acceptors (Lipinski definition) is 9. The molecule has 5 rings (SSSR count). The molecule has 2 saturated heterocycles. The van der Waals surface area contributed by atoms with Crippen molar-refractivity contribution < 1.29 is 18.9 Å². The fourth-order valence-electron chi connectivity index (χ4n) is 4.13. The number of rotatable bonds is 7. The van der Waals surface area contributed by atoms with E-state index in [9.17, 15) is 0 Å². The van der Waals surface area contributed by atoms with Gasteiger partial charge in [0, 0.05) is 51.6 Å². The van der Waals surface area contributed by atoms with E-state index in [0.717, 1.165) is 73.9 Å². The number of aromatic nitrogens is 3. The molecule has 2 fully saturated rings. The summed E-state index contributed by atoms with van der Waals surface area (Å²) in [6, 6.07) is 9.91. The van der Waals surface area contributed by atoms with Crippen molar-refractivity contribution in [2.45, 2.75) is 6.54 Å². The lowest BCUT2D eigenvalue weighted by atomic mass is 10.1. The van der Waals surface area contributed by atoms with Gasteiger partial charge in [0.15, 0.2) is 18.4 Å². The van der Waals surface area contributed by atoms with Crippen molar-refractivity contribution in [3.63, 3.8) is 0 Å². The average molecular weight is 452 g/mol. The summed E-state index contributed by atoms with van der Waals surface area (Å²) in [4.78, 5) is 19.3. The van der Waals surface area contributed by atoms with Crippen molar-refractivity contribution in [2.75, 3.05) is 71.4 Å². The molecule has 0 N–H and O–H groups in total. The van der Waals surface area contributed by atoms with Crippen LogP contribution in [0.4, 0.5) is 5.82 Å². The Labute approximate surface area is 193 Å². The number of benzene rings is 1. The number of pyridine rings is 1. The summed E-state index contributed by atoms with van der Waals surface area (Å²) in [6.45, 7) is 7.34. The monoisotopic (exact) mass is 451 g/mol. The molecular weight excluding hydrogens is 422 g/mol. The first-order chi connectivity index (χ1) is 16.3. The Morgan fingerprint density at radius 2 is 1.76 bits per heavy atom. The number of ether oxygens (including phenoxy) is 4. The minimum atomic E-state index is 0.190. The van der Waals surface area contributed by atoms with Crippen LogP contribution in [0.15, 0.2) is 36.5 Å². The zero-order chi connectivity index (χ0) is 22.5. The van der Waals surface area contributed by atoms with Crippen LogP contribution in [-0.4, -0.2) is 86.4 Å². The topological polar surface area (TPSA) is 82.1 Å². The predicted molar refractivity (Wildman–Crippen MR) is 124 cm³/mol. The van der Waals surface area contributed by atoms with Crippen LogP contribution in [0.5, 0.6) is 5.75 Å². The fourth-order valence-corrected chi connectivity index (χ4v) is 4.13. The predicted octanol–water partition coefficient (Wildman–Crippen LogP) is 2.34. The maximum atomic E-state index is 5.62. The van der Waals surface area contributed by atoms with Crippen LogP contribution in [0.2, 0.25) is 0 Å². The zero-order valence-corrected chi connectivity index (χ0v) is 18.9. The van der Waals surface area contributed by atoms with E-state index in [4.69, 9.17) is 33.9 Å². The van der Waals surface area contributed by atoms with Crippen LogP contribution < -0.4 is 9.64 Å². The highest BCUT2D eigenvalue weighted by molar-refractivity contribution is 5.88. The number of hydrogen-bond donors (Lipinski definition) is 0. The number of methoxy groups -OCH3 is 1. The second kappa shape index (κ2) is 10.4. The summed E-state index contributed by atoms with van der Waals surface area (Å²) < 4.78 is 21.7. The molecule has 0 saturated carbocycles. The van der Waals surface area contributed by atoms with Gasteiger partial charge in [-0.05, 0) is 23.8 Å². The van der Waals surface area contributed by atoms with E-state index in [1.807, 2.05) is 30.5 Å². The van der Waals surface area contributed by atoms with Gasteiger partial charge in [-0.2, -0.15) is 0 Å². The lowest BCUT2D eigenvalue weighted by Gasteiger charge is -2.29. The van der Waals surface area contributed by atoms with Gasteiger partial charge >= 0.3 is 0 Å². The quantitative estimate of drug-likeness (QED) is 0.503. The van der Waals surface area contributed by atoms with E-state index in [0.29, 0.717) is 24.8 Å². The Kier molecular flexibility index (Phi) is 6.92. The van der Waals surface area contributed by atoms with Gasteiger partial charge < -0.3 is 23.8 Å². The maximum absolute atomic E-state index is 5.62. The van der Waals surface area contributed by atoms with E-state index >= 15 is 0 Å². The first kappa shape index (κ1) is 22.0. The molecule has 9 heteroatoms. The number of morpholine rings is 2. The Morgan fingerprint density at radius 3 is 2.55 bits per heavy atom. The highest BCUT2D eigenvalue weighted by Gasteiger charge is 2.20. The van der Waals surface area contributed by atoms with Crippen molar-refractivity contribution in [3.8, 4) is 17.1 Å². The second-order valence-corrected chi connectivity index (χ2v) is 8.15. The van der Waals surface area contributed by atoms with Crippen LogP contribution in [0.3, 0.4) is 0 Å². The summed E-state index contributed by atoms with van der Waals surface area (Å²) in [7, 11) is 1.60. The van der Waals surface area contributed by atoms with Crippen molar-refractivity contribution in [3.05, 3.63) is 42.1 Å². The van der Waals surface area contributed by atoms with Gasteiger partial charge in [0.1, 0.15) is 11.3 Å². The molecule has 3 aromatic rings. The highest BCUT2D eigenvalue weighted by atomic mass is 16.7. The Bertz CT molecular complexity index is 1080. The molecule has 2 aliphatic heterocycles. The van der Waals surface area contributed by atoms with Gasteiger partial charge in [0.2, 0.25) is 0 Å². The molecule has 2 aromatic heterocycles. The number of anilines is 1. The summed E-state index contributed by atoms with van der Waals surface area (Å²) in [5.74, 6) is 2.21. The molecule has 9 nitrogen and oxygen atoms in total. The van der Waals surface area contributed by atoms with Crippen molar-refractivity contribution >= 4 is 16.9 Å². The van der Waals surface area contributed by atoms with Crippen LogP contribution in [-0.2, 0) is 20.8 Å². The second-order valence-electron chi connectivity index (χ2n) is 8.15. The molecule has 2 aliphatic rings. The van der Waals surface area contributed by atoms with Gasteiger partial charge in [0.05, 0.1) is 31.9 Å². The van der Waals surface area contributed by atoms with Crippen molar-refractivity contribution in [2.24, 2.45) is 0 Å². The first-order valence-electron chi connectivity index (χ1n) is 11.3. The van der Waals surface area contributed by atoms with E-state index < -0.39 is 0 Å². The molecule has 0 unspecified atom stereocenters. The minimum Gasteiger partial charge on any atom is -0.468 e. The molecule has 174 valence electrons. The van der Waals surface area contributed by atoms with Gasteiger partial charge in [0.25, 0.3) is 0 Å². The third-order valence-corrected chi connectivity index (χ3v) is 5.83. The summed E-state index contributed by atoms with van der Waals surface area (Å²) in [6.07, 6.45) is 1.95. The first-order valence-corrected chi connectivity index (χ1v) is 11.3. The molecule has 1 aromatic carbocycles. The highest BCUT2D eigenvalue weighted by Crippen LogP contribution is 2.29. The molecule has 4 heterocycles. The summed E-state index contributed by atoms with van der Waals surface area (Å²) in [5, 5.41) is 0. The van der Waals surface area contributed by atoms with E-state index in [2.05, 4.69) is 15.9 Å². The van der Waals surface area contributed by atoms with Gasteiger partial charge in [-0.15, -0.1) is 0 Å². The van der Waals surface area contributed by atoms with Crippen LogP contribution in [0.25, 0.3) is 22.4 Å². The SMILES string of the molecule is COCOc1cccc(-c2nc(N3CCOCC3)c3ncc(CN4CCOCC4)cc3n2)c1. The number of nitrogens with zero attached hydrogens (tertiary/aromatic N) is 5. The standard InChI is InChI=1S/C24H29N5O4/c1-30-17-33-20-4-2-3-19(14-20)23-26-21-13-18(16-28-5-9-31-10-6-28)15-25-22(21)24(27-23)29-7-11-32-12-8-29/h2-4,13-15H,5-12,16-17H2,1H3. The lowest BCUT2D eigenvalue weighted by molar-refractivity contribution is 0.0341. The maximum Gasteiger partial charge on any atom is 0.188 e. The van der Waals surface area contributed by atoms with Crippen LogP contribution in [0, 0.1) is 0 Å². The average Bonchev–Trinajstić information content (AvgIpc) is 2.88. The molecule has 0 atom stereocenters. The molecule has 0 amide bonds. The van der Waals surface area contributed by atoms with Crippen molar-refractivity contribution in [1.82, 2.24) is 19.9 Å². The summed E-state index contributed by atoms with van der Waals surface area (Å²) >= 11 is 0. The van der Waals surface area contributed by atoms with Crippen LogP contribution in [0.1, 0.15) is 5.56 Å². The Morgan fingerprint density at radius 1 is 0.970 bits per heavy atom. The van der Waals surface area contributed by atoms with E-state index in [1.54, 1.807) is 7.11 Å². The fraction of sp³-hybridized carbons (Fsp3) is 0.458. The molecule has 0 bridgehead atoms. The third kappa shape index (κ3) is 5.22.